The third-order valence-corrected chi connectivity index (χ3v) is 2.85. The van der Waals surface area contributed by atoms with Gasteiger partial charge in [0.1, 0.15) is 5.75 Å². The van der Waals surface area contributed by atoms with Crippen LogP contribution >= 0.6 is 0 Å². The van der Waals surface area contributed by atoms with Crippen LogP contribution in [-0.2, 0) is 6.54 Å². The molecule has 2 aromatic rings. The summed E-state index contributed by atoms with van der Waals surface area (Å²) in [7, 11) is 0. The summed E-state index contributed by atoms with van der Waals surface area (Å²) in [4.78, 5) is 9.81. The molecule has 0 radical (unpaired) electrons. The van der Waals surface area contributed by atoms with Crippen LogP contribution in [0.4, 0.5) is 15.8 Å². The van der Waals surface area contributed by atoms with Crippen LogP contribution in [-0.4, -0.2) is 11.5 Å². The van der Waals surface area contributed by atoms with Gasteiger partial charge in [0.15, 0.2) is 0 Å². The molecule has 0 fully saturated rings. The van der Waals surface area contributed by atoms with Crippen LogP contribution in [0, 0.1) is 15.9 Å². The van der Waals surface area contributed by atoms with Crippen molar-refractivity contribution in [2.45, 2.75) is 13.5 Å². The zero-order valence-electron chi connectivity index (χ0n) is 11.5. The average molecular weight is 290 g/mol. The van der Waals surface area contributed by atoms with Crippen molar-refractivity contribution in [3.05, 3.63) is 64.0 Å². The lowest BCUT2D eigenvalue weighted by Gasteiger charge is -2.09. The number of rotatable bonds is 6. The van der Waals surface area contributed by atoms with E-state index in [4.69, 9.17) is 4.74 Å². The second kappa shape index (κ2) is 6.69. The Morgan fingerprint density at radius 2 is 2.10 bits per heavy atom. The molecule has 6 heteroatoms. The lowest BCUT2D eigenvalue weighted by atomic mass is 10.2. The molecule has 0 saturated heterocycles. The van der Waals surface area contributed by atoms with Gasteiger partial charge in [0.2, 0.25) is 5.82 Å². The Balaban J connectivity index is 2.04. The highest BCUT2D eigenvalue weighted by Gasteiger charge is 2.13. The van der Waals surface area contributed by atoms with Crippen LogP contribution in [0.5, 0.6) is 5.75 Å². The van der Waals surface area contributed by atoms with E-state index in [-0.39, 0.29) is 0 Å². The molecule has 0 bridgehead atoms. The predicted octanol–water partition coefficient (Wildman–Crippen LogP) is 3.74. The molecule has 0 aliphatic carbocycles. The summed E-state index contributed by atoms with van der Waals surface area (Å²) >= 11 is 0. The van der Waals surface area contributed by atoms with Crippen LogP contribution in [0.3, 0.4) is 0 Å². The minimum atomic E-state index is -0.831. The summed E-state index contributed by atoms with van der Waals surface area (Å²) in [6.07, 6.45) is 0. The number of hydrogen-bond donors (Lipinski definition) is 1. The predicted molar refractivity (Wildman–Crippen MR) is 78.0 cm³/mol. The van der Waals surface area contributed by atoms with Crippen molar-refractivity contribution in [1.29, 1.82) is 0 Å². The fourth-order valence-electron chi connectivity index (χ4n) is 1.88. The monoisotopic (exact) mass is 290 g/mol. The number of hydrogen-bond acceptors (Lipinski definition) is 4. The van der Waals surface area contributed by atoms with Crippen LogP contribution in [0.25, 0.3) is 0 Å². The molecule has 110 valence electrons. The summed E-state index contributed by atoms with van der Waals surface area (Å²) in [5.41, 5.74) is 0.941. The van der Waals surface area contributed by atoms with Gasteiger partial charge < -0.3 is 10.1 Å². The number of anilines is 1. The van der Waals surface area contributed by atoms with Gasteiger partial charge in [-0.1, -0.05) is 12.1 Å². The zero-order chi connectivity index (χ0) is 15.2. The number of nitrogens with zero attached hydrogens (tertiary/aromatic N) is 1. The molecule has 0 amide bonds. The summed E-state index contributed by atoms with van der Waals surface area (Å²) in [6, 6.07) is 11.3. The van der Waals surface area contributed by atoms with Gasteiger partial charge >= 0.3 is 5.69 Å². The van der Waals surface area contributed by atoms with Crippen molar-refractivity contribution in [2.75, 3.05) is 11.9 Å². The molecule has 0 aliphatic rings. The molecule has 0 aliphatic heterocycles. The Morgan fingerprint density at radius 3 is 2.76 bits per heavy atom. The van der Waals surface area contributed by atoms with E-state index in [1.807, 2.05) is 31.2 Å². The Morgan fingerprint density at radius 1 is 1.29 bits per heavy atom. The number of nitro groups is 1. The molecule has 0 atom stereocenters. The first-order valence-electron chi connectivity index (χ1n) is 6.49. The molecule has 2 rings (SSSR count). The lowest BCUT2D eigenvalue weighted by molar-refractivity contribution is -0.387. The standard InChI is InChI=1S/C15H15FN2O3/c1-2-21-13-5-3-4-12(9-13)17-10-11-6-7-15(18(19)20)14(16)8-11/h3-9,17H,2,10H2,1H3. The minimum absolute atomic E-state index is 0.366. The quantitative estimate of drug-likeness (QED) is 0.650. The van der Waals surface area contributed by atoms with Gasteiger partial charge in [-0.2, -0.15) is 4.39 Å². The van der Waals surface area contributed by atoms with Crippen molar-refractivity contribution < 1.29 is 14.1 Å². The van der Waals surface area contributed by atoms with E-state index in [9.17, 15) is 14.5 Å². The number of nitrogens with one attached hydrogen (secondary N) is 1. The van der Waals surface area contributed by atoms with Crippen molar-refractivity contribution in [2.24, 2.45) is 0 Å². The fourth-order valence-corrected chi connectivity index (χ4v) is 1.88. The zero-order valence-corrected chi connectivity index (χ0v) is 11.5. The van der Waals surface area contributed by atoms with E-state index in [1.165, 1.54) is 12.1 Å². The Hall–Kier alpha value is -2.63. The highest BCUT2D eigenvalue weighted by atomic mass is 19.1. The molecule has 2 aromatic carbocycles. The van der Waals surface area contributed by atoms with Crippen LogP contribution in [0.15, 0.2) is 42.5 Å². The first-order valence-corrected chi connectivity index (χ1v) is 6.49. The highest BCUT2D eigenvalue weighted by Crippen LogP contribution is 2.20. The van der Waals surface area contributed by atoms with Gasteiger partial charge in [-0.3, -0.25) is 10.1 Å². The molecular weight excluding hydrogens is 275 g/mol. The van der Waals surface area contributed by atoms with Crippen molar-refractivity contribution >= 4 is 11.4 Å². The first-order chi connectivity index (χ1) is 10.1. The molecule has 21 heavy (non-hydrogen) atoms. The van der Waals surface area contributed by atoms with E-state index in [0.717, 1.165) is 17.5 Å². The van der Waals surface area contributed by atoms with Gasteiger partial charge in [-0.05, 0) is 30.7 Å². The maximum absolute atomic E-state index is 13.5. The summed E-state index contributed by atoms with van der Waals surface area (Å²) in [5.74, 6) is -0.0836. The summed E-state index contributed by atoms with van der Waals surface area (Å²) in [5, 5.41) is 13.7. The van der Waals surface area contributed by atoms with Crippen molar-refractivity contribution in [3.8, 4) is 5.75 Å². The van der Waals surface area contributed by atoms with Gasteiger partial charge in [-0.15, -0.1) is 0 Å². The average Bonchev–Trinajstić information content (AvgIpc) is 2.45. The molecule has 0 heterocycles. The highest BCUT2D eigenvalue weighted by molar-refractivity contribution is 5.49. The van der Waals surface area contributed by atoms with Gasteiger partial charge in [0.05, 0.1) is 11.5 Å². The number of ether oxygens (including phenoxy) is 1. The molecule has 1 N–H and O–H groups in total. The van der Waals surface area contributed by atoms with Crippen LogP contribution < -0.4 is 10.1 Å². The minimum Gasteiger partial charge on any atom is -0.494 e. The molecule has 5 nitrogen and oxygen atoms in total. The Bertz CT molecular complexity index is 647. The molecule has 0 saturated carbocycles. The second-order valence-corrected chi connectivity index (χ2v) is 4.36. The number of halogens is 1. The van der Waals surface area contributed by atoms with Crippen molar-refractivity contribution in [3.63, 3.8) is 0 Å². The third kappa shape index (κ3) is 3.92. The SMILES string of the molecule is CCOc1cccc(NCc2ccc([N+](=O)[O-])c(F)c2)c1. The van der Waals surface area contributed by atoms with Crippen LogP contribution in [0.1, 0.15) is 12.5 Å². The lowest BCUT2D eigenvalue weighted by Crippen LogP contribution is -2.01. The molecular formula is C15H15FN2O3. The smallest absolute Gasteiger partial charge is 0.304 e. The molecule has 0 spiro atoms. The summed E-state index contributed by atoms with van der Waals surface area (Å²) in [6.45, 7) is 2.85. The maximum atomic E-state index is 13.5. The first kappa shape index (κ1) is 14.8. The fraction of sp³-hybridized carbons (Fsp3) is 0.200. The summed E-state index contributed by atoms with van der Waals surface area (Å²) < 4.78 is 18.9. The number of benzene rings is 2. The van der Waals surface area contributed by atoms with Crippen molar-refractivity contribution in [1.82, 2.24) is 0 Å². The maximum Gasteiger partial charge on any atom is 0.304 e. The Kier molecular flexibility index (Phi) is 4.71. The van der Waals surface area contributed by atoms with Crippen LogP contribution in [0.2, 0.25) is 0 Å². The molecule has 0 unspecified atom stereocenters. The van der Waals surface area contributed by atoms with Gasteiger partial charge in [0.25, 0.3) is 0 Å². The largest absolute Gasteiger partial charge is 0.494 e. The van der Waals surface area contributed by atoms with Gasteiger partial charge in [0, 0.05) is 24.4 Å². The van der Waals surface area contributed by atoms with E-state index < -0.39 is 16.4 Å². The second-order valence-electron chi connectivity index (χ2n) is 4.36. The topological polar surface area (TPSA) is 64.4 Å². The van der Waals surface area contributed by atoms with E-state index in [1.54, 1.807) is 0 Å². The number of nitro benzene ring substituents is 1. The van der Waals surface area contributed by atoms with E-state index in [2.05, 4.69) is 5.32 Å². The van der Waals surface area contributed by atoms with E-state index in [0.29, 0.717) is 18.7 Å². The molecule has 0 aromatic heterocycles. The van der Waals surface area contributed by atoms with Gasteiger partial charge in [-0.25, -0.2) is 0 Å². The third-order valence-electron chi connectivity index (χ3n) is 2.85. The Labute approximate surface area is 121 Å². The van der Waals surface area contributed by atoms with E-state index >= 15 is 0 Å². The normalized spacial score (nSPS) is 10.2.